The van der Waals surface area contributed by atoms with E-state index in [2.05, 4.69) is 15.1 Å². The number of rotatable bonds is 5. The Hall–Kier alpha value is -2.51. The number of piperazine rings is 1. The highest BCUT2D eigenvalue weighted by molar-refractivity contribution is 5.76. The zero-order valence-electron chi connectivity index (χ0n) is 18.3. The topological polar surface area (TPSA) is 38.8 Å². The first kappa shape index (κ1) is 21.3. The maximum Gasteiger partial charge on any atom is 0.222 e. The second-order valence-electron chi connectivity index (χ2n) is 9.05. The third kappa shape index (κ3) is 4.24. The number of piperidine rings is 1. The van der Waals surface area contributed by atoms with Crippen LogP contribution in [0, 0.1) is 11.6 Å². The van der Waals surface area contributed by atoms with Gasteiger partial charge in [0, 0.05) is 69.0 Å². The second kappa shape index (κ2) is 9.16. The summed E-state index contributed by atoms with van der Waals surface area (Å²) in [4.78, 5) is 19.1. The first-order valence-electron chi connectivity index (χ1n) is 11.7. The van der Waals surface area contributed by atoms with Gasteiger partial charge in [-0.05, 0) is 67.4 Å². The molecule has 0 saturated carbocycles. The van der Waals surface area contributed by atoms with Crippen molar-refractivity contribution in [3.8, 4) is 0 Å². The van der Waals surface area contributed by atoms with E-state index in [1.807, 2.05) is 11.0 Å². The van der Waals surface area contributed by atoms with Crippen LogP contribution in [0.15, 0.2) is 42.5 Å². The molecule has 32 heavy (non-hydrogen) atoms. The van der Waals surface area contributed by atoms with Crippen LogP contribution in [-0.4, -0.2) is 67.6 Å². The summed E-state index contributed by atoms with van der Waals surface area (Å²) in [5.74, 6) is -0.0308. The van der Waals surface area contributed by atoms with Gasteiger partial charge in [-0.3, -0.25) is 4.79 Å². The van der Waals surface area contributed by atoms with Gasteiger partial charge in [0.25, 0.3) is 0 Å². The Balaban J connectivity index is 1.26. The third-order valence-electron chi connectivity index (χ3n) is 7.08. The van der Waals surface area contributed by atoms with Crippen molar-refractivity contribution in [2.45, 2.75) is 31.2 Å². The van der Waals surface area contributed by atoms with E-state index in [-0.39, 0.29) is 29.5 Å². The lowest BCUT2D eigenvalue weighted by atomic mass is 9.89. The molecule has 1 amide bonds. The fourth-order valence-electron chi connectivity index (χ4n) is 5.50. The van der Waals surface area contributed by atoms with Gasteiger partial charge in [0.15, 0.2) is 0 Å². The molecule has 0 bridgehead atoms. The van der Waals surface area contributed by atoms with E-state index < -0.39 is 0 Å². The predicted octanol–water partition coefficient (Wildman–Crippen LogP) is 3.49. The van der Waals surface area contributed by atoms with Crippen molar-refractivity contribution in [3.05, 3.63) is 59.7 Å². The molecule has 2 saturated heterocycles. The van der Waals surface area contributed by atoms with Gasteiger partial charge in [-0.2, -0.15) is 0 Å². The number of amides is 1. The zero-order chi connectivity index (χ0) is 22.1. The van der Waals surface area contributed by atoms with Crippen molar-refractivity contribution in [1.82, 2.24) is 15.1 Å². The number of nitrogens with zero attached hydrogens (tertiary/aromatic N) is 3. The van der Waals surface area contributed by atoms with E-state index in [4.69, 9.17) is 0 Å². The molecule has 3 heterocycles. The van der Waals surface area contributed by atoms with E-state index in [0.717, 1.165) is 75.6 Å². The summed E-state index contributed by atoms with van der Waals surface area (Å²) in [7, 11) is 0. The van der Waals surface area contributed by atoms with Gasteiger partial charge in [-0.1, -0.05) is 0 Å². The Labute approximate surface area is 188 Å². The number of nitrogens with one attached hydrogen (secondary N) is 1. The van der Waals surface area contributed by atoms with Crippen LogP contribution in [0.5, 0.6) is 0 Å². The SMILES string of the molecule is O=C(CCCN1CCC2C(C1)c1cc(F)ccc1N2c1ccc(F)cc1)N1CCNCC1. The van der Waals surface area contributed by atoms with Crippen molar-refractivity contribution in [2.24, 2.45) is 0 Å². The minimum Gasteiger partial charge on any atom is -0.340 e. The maximum atomic E-state index is 14.1. The molecule has 0 aliphatic carbocycles. The summed E-state index contributed by atoms with van der Waals surface area (Å²) in [6.45, 7) is 6.02. The number of carbonyl (C=O) groups is 1. The summed E-state index contributed by atoms with van der Waals surface area (Å²) in [5, 5.41) is 3.28. The van der Waals surface area contributed by atoms with Gasteiger partial charge in [-0.25, -0.2) is 8.78 Å². The average Bonchev–Trinajstić information content (AvgIpc) is 3.13. The average molecular weight is 441 g/mol. The lowest BCUT2D eigenvalue weighted by Gasteiger charge is -2.39. The molecule has 1 N–H and O–H groups in total. The van der Waals surface area contributed by atoms with Crippen molar-refractivity contribution >= 4 is 17.3 Å². The van der Waals surface area contributed by atoms with E-state index in [1.54, 1.807) is 18.2 Å². The second-order valence-corrected chi connectivity index (χ2v) is 9.05. The monoisotopic (exact) mass is 440 g/mol. The van der Waals surface area contributed by atoms with Crippen molar-refractivity contribution < 1.29 is 13.6 Å². The summed E-state index contributed by atoms with van der Waals surface area (Å²) in [6.07, 6.45) is 2.37. The molecule has 2 fully saturated rings. The zero-order valence-corrected chi connectivity index (χ0v) is 18.3. The number of benzene rings is 2. The number of carbonyl (C=O) groups excluding carboxylic acids is 1. The molecular weight excluding hydrogens is 410 g/mol. The fourth-order valence-corrected chi connectivity index (χ4v) is 5.50. The lowest BCUT2D eigenvalue weighted by Crippen LogP contribution is -2.47. The summed E-state index contributed by atoms with van der Waals surface area (Å²) >= 11 is 0. The smallest absolute Gasteiger partial charge is 0.222 e. The summed E-state index contributed by atoms with van der Waals surface area (Å²) in [6, 6.07) is 11.8. The largest absolute Gasteiger partial charge is 0.340 e. The molecule has 170 valence electrons. The Bertz CT molecular complexity index is 961. The number of hydrogen-bond acceptors (Lipinski definition) is 4. The van der Waals surface area contributed by atoms with Crippen molar-refractivity contribution in [1.29, 1.82) is 0 Å². The first-order valence-corrected chi connectivity index (χ1v) is 11.7. The van der Waals surface area contributed by atoms with Gasteiger partial charge in [0.1, 0.15) is 11.6 Å². The summed E-state index contributed by atoms with van der Waals surface area (Å²) in [5.41, 5.74) is 2.99. The molecule has 0 radical (unpaired) electrons. The normalized spacial score (nSPS) is 23.2. The van der Waals surface area contributed by atoms with Crippen LogP contribution in [0.4, 0.5) is 20.2 Å². The van der Waals surface area contributed by atoms with Crippen LogP contribution in [0.3, 0.4) is 0 Å². The first-order chi connectivity index (χ1) is 15.6. The number of halogens is 2. The van der Waals surface area contributed by atoms with Gasteiger partial charge in [-0.15, -0.1) is 0 Å². The number of anilines is 2. The number of fused-ring (bicyclic) bond motifs is 3. The van der Waals surface area contributed by atoms with E-state index >= 15 is 0 Å². The van der Waals surface area contributed by atoms with Crippen LogP contribution >= 0.6 is 0 Å². The van der Waals surface area contributed by atoms with Crippen LogP contribution in [-0.2, 0) is 4.79 Å². The molecule has 2 atom stereocenters. The minimum absolute atomic E-state index is 0.198. The molecule has 7 heteroatoms. The van der Waals surface area contributed by atoms with E-state index in [1.165, 1.54) is 18.2 Å². The number of hydrogen-bond donors (Lipinski definition) is 1. The van der Waals surface area contributed by atoms with Gasteiger partial charge < -0.3 is 20.0 Å². The molecule has 2 unspecified atom stereocenters. The number of likely N-dealkylation sites (tertiary alicyclic amines) is 1. The highest BCUT2D eigenvalue weighted by Gasteiger charge is 2.42. The Morgan fingerprint density at radius 3 is 2.53 bits per heavy atom. The molecular formula is C25H30F2N4O. The standard InChI is InChI=1S/C25H30F2N4O/c26-18-3-6-20(7-4-18)31-23-8-5-19(27)16-21(23)22-17-29(13-9-24(22)31)12-1-2-25(32)30-14-10-28-11-15-30/h3-8,16,22,24,28H,1-2,9-15,17H2. The van der Waals surface area contributed by atoms with Crippen molar-refractivity contribution in [3.63, 3.8) is 0 Å². The highest BCUT2D eigenvalue weighted by Crippen LogP contribution is 2.48. The predicted molar refractivity (Wildman–Crippen MR) is 121 cm³/mol. The van der Waals surface area contributed by atoms with Gasteiger partial charge in [0.2, 0.25) is 5.91 Å². The molecule has 2 aromatic carbocycles. The van der Waals surface area contributed by atoms with Crippen LogP contribution < -0.4 is 10.2 Å². The highest BCUT2D eigenvalue weighted by atomic mass is 19.1. The molecule has 0 spiro atoms. The molecule has 3 aliphatic rings. The van der Waals surface area contributed by atoms with Gasteiger partial charge in [0.05, 0.1) is 0 Å². The van der Waals surface area contributed by atoms with E-state index in [0.29, 0.717) is 6.42 Å². The minimum atomic E-state index is -0.256. The molecule has 5 rings (SSSR count). The maximum absolute atomic E-state index is 14.1. The van der Waals surface area contributed by atoms with Crippen LogP contribution in [0.1, 0.15) is 30.7 Å². The fraction of sp³-hybridized carbons (Fsp3) is 0.480. The lowest BCUT2D eigenvalue weighted by molar-refractivity contribution is -0.131. The Morgan fingerprint density at radius 1 is 1.00 bits per heavy atom. The Kier molecular flexibility index (Phi) is 6.11. The van der Waals surface area contributed by atoms with Gasteiger partial charge >= 0.3 is 0 Å². The van der Waals surface area contributed by atoms with E-state index in [9.17, 15) is 13.6 Å². The Morgan fingerprint density at radius 2 is 1.75 bits per heavy atom. The van der Waals surface area contributed by atoms with Crippen LogP contribution in [0.2, 0.25) is 0 Å². The molecule has 0 aromatic heterocycles. The molecule has 2 aromatic rings. The van der Waals surface area contributed by atoms with Crippen LogP contribution in [0.25, 0.3) is 0 Å². The summed E-state index contributed by atoms with van der Waals surface area (Å²) < 4.78 is 27.6. The van der Waals surface area contributed by atoms with Crippen molar-refractivity contribution in [2.75, 3.05) is 50.7 Å². The molecule has 3 aliphatic heterocycles. The third-order valence-corrected chi connectivity index (χ3v) is 7.08. The quantitative estimate of drug-likeness (QED) is 0.773. The molecule has 5 nitrogen and oxygen atoms in total.